The van der Waals surface area contributed by atoms with Crippen LogP contribution in [0.25, 0.3) is 0 Å². The summed E-state index contributed by atoms with van der Waals surface area (Å²) in [5, 5.41) is 0.0613. The molecule has 0 aromatic carbocycles. The monoisotopic (exact) mass is 278 g/mol. The van der Waals surface area contributed by atoms with Crippen molar-refractivity contribution in [2.45, 2.75) is 31.4 Å². The van der Waals surface area contributed by atoms with Crippen molar-refractivity contribution in [2.24, 2.45) is 11.7 Å². The number of alkyl halides is 3. The first kappa shape index (κ1) is 13.6. The third-order valence-electron chi connectivity index (χ3n) is 3.73. The number of aromatic nitrogens is 1. The molecule has 2 N–H and O–H groups in total. The molecule has 0 aliphatic heterocycles. The highest BCUT2D eigenvalue weighted by Gasteiger charge is 2.55. The van der Waals surface area contributed by atoms with Crippen LogP contribution in [0.15, 0.2) is 12.3 Å². The van der Waals surface area contributed by atoms with Crippen molar-refractivity contribution in [2.75, 3.05) is 6.54 Å². The van der Waals surface area contributed by atoms with E-state index in [1.54, 1.807) is 0 Å². The molecule has 0 radical (unpaired) electrons. The number of rotatable bonds is 3. The van der Waals surface area contributed by atoms with Gasteiger partial charge in [0.05, 0.1) is 16.3 Å². The van der Waals surface area contributed by atoms with Gasteiger partial charge in [0.1, 0.15) is 0 Å². The first-order valence-corrected chi connectivity index (χ1v) is 6.16. The number of hydrogen-bond donors (Lipinski definition) is 1. The van der Waals surface area contributed by atoms with Crippen LogP contribution in [0.5, 0.6) is 0 Å². The zero-order chi connectivity index (χ0) is 13.6. The molecule has 0 spiro atoms. The molecule has 1 saturated carbocycles. The van der Waals surface area contributed by atoms with Crippen LogP contribution in [-0.4, -0.2) is 11.5 Å². The molecule has 2 unspecified atom stereocenters. The summed E-state index contributed by atoms with van der Waals surface area (Å²) in [6.45, 7) is 2.39. The molecule has 2 atom stereocenters. The molecule has 6 heteroatoms. The van der Waals surface area contributed by atoms with Gasteiger partial charge in [0, 0.05) is 18.2 Å². The van der Waals surface area contributed by atoms with Crippen LogP contribution in [0.1, 0.15) is 31.0 Å². The Labute approximate surface area is 108 Å². The molecule has 1 aliphatic carbocycles. The van der Waals surface area contributed by atoms with E-state index in [-0.39, 0.29) is 10.4 Å². The quantitative estimate of drug-likeness (QED) is 0.920. The summed E-state index contributed by atoms with van der Waals surface area (Å²) >= 11 is 5.94. The van der Waals surface area contributed by atoms with Gasteiger partial charge in [0.2, 0.25) is 0 Å². The smallest absolute Gasteiger partial charge is 0.330 e. The third-order valence-corrected chi connectivity index (χ3v) is 4.02. The number of nitrogens with zero attached hydrogens (tertiary/aromatic N) is 1. The molecule has 1 aromatic heterocycles. The van der Waals surface area contributed by atoms with E-state index < -0.39 is 11.7 Å². The molecule has 1 fully saturated rings. The fraction of sp³-hybridized carbons (Fsp3) is 0.583. The fourth-order valence-electron chi connectivity index (χ4n) is 2.51. The molecule has 1 aliphatic rings. The summed E-state index contributed by atoms with van der Waals surface area (Å²) in [5.41, 5.74) is 5.10. The van der Waals surface area contributed by atoms with Gasteiger partial charge in [0.15, 0.2) is 0 Å². The molecule has 1 aromatic rings. The highest BCUT2D eigenvalue weighted by atomic mass is 35.5. The Morgan fingerprint density at radius 1 is 1.56 bits per heavy atom. The molecule has 18 heavy (non-hydrogen) atoms. The number of nitrogens with two attached hydrogens (primary N) is 1. The molecule has 0 amide bonds. The lowest BCUT2D eigenvalue weighted by Gasteiger charge is -2.17. The van der Waals surface area contributed by atoms with Crippen LogP contribution in [-0.2, 0) is 11.6 Å². The van der Waals surface area contributed by atoms with Gasteiger partial charge < -0.3 is 5.73 Å². The van der Waals surface area contributed by atoms with Crippen LogP contribution in [0, 0.1) is 5.92 Å². The maximum absolute atomic E-state index is 12.5. The van der Waals surface area contributed by atoms with E-state index in [2.05, 4.69) is 4.98 Å². The highest BCUT2D eigenvalue weighted by Crippen LogP contribution is 2.56. The number of halogens is 4. The Morgan fingerprint density at radius 3 is 2.61 bits per heavy atom. The van der Waals surface area contributed by atoms with Gasteiger partial charge >= 0.3 is 6.18 Å². The minimum Gasteiger partial charge on any atom is -0.330 e. The first-order valence-electron chi connectivity index (χ1n) is 5.78. The molecule has 0 bridgehead atoms. The van der Waals surface area contributed by atoms with Gasteiger partial charge in [-0.1, -0.05) is 24.9 Å². The summed E-state index contributed by atoms with van der Waals surface area (Å²) in [6, 6.07) is 0.937. The SMILES string of the molecule is CCC1CC1(CN)c1ncc(C(F)(F)F)cc1Cl. The molecule has 1 heterocycles. The average molecular weight is 279 g/mol. The minimum atomic E-state index is -4.42. The van der Waals surface area contributed by atoms with E-state index >= 15 is 0 Å². The predicted molar refractivity (Wildman–Crippen MR) is 63.4 cm³/mol. The van der Waals surface area contributed by atoms with E-state index in [0.29, 0.717) is 18.2 Å². The molecular weight excluding hydrogens is 265 g/mol. The standard InChI is InChI=1S/C12H14ClF3N2/c1-2-7-4-11(7,6-17)10-9(13)3-8(5-18-10)12(14,15)16/h3,5,7H,2,4,6,17H2,1H3. The van der Waals surface area contributed by atoms with Gasteiger partial charge in [-0.2, -0.15) is 13.2 Å². The van der Waals surface area contributed by atoms with Crippen LogP contribution in [0.4, 0.5) is 13.2 Å². The van der Waals surface area contributed by atoms with Crippen molar-refractivity contribution in [1.29, 1.82) is 0 Å². The van der Waals surface area contributed by atoms with Gasteiger partial charge in [-0.3, -0.25) is 4.98 Å². The zero-order valence-corrected chi connectivity index (χ0v) is 10.6. The Kier molecular flexibility index (Phi) is 3.32. The molecule has 2 rings (SSSR count). The van der Waals surface area contributed by atoms with Crippen molar-refractivity contribution in [3.05, 3.63) is 28.5 Å². The minimum absolute atomic E-state index is 0.0613. The molecule has 100 valence electrons. The maximum Gasteiger partial charge on any atom is 0.417 e. The van der Waals surface area contributed by atoms with Crippen LogP contribution < -0.4 is 5.73 Å². The zero-order valence-electron chi connectivity index (χ0n) is 9.89. The number of pyridine rings is 1. The van der Waals surface area contributed by atoms with Crippen molar-refractivity contribution < 1.29 is 13.2 Å². The average Bonchev–Trinajstić information content (AvgIpc) is 3.02. The van der Waals surface area contributed by atoms with Gasteiger partial charge in [-0.05, 0) is 18.4 Å². The van der Waals surface area contributed by atoms with Crippen molar-refractivity contribution >= 4 is 11.6 Å². The van der Waals surface area contributed by atoms with Gasteiger partial charge in [0.25, 0.3) is 0 Å². The molecular formula is C12H14ClF3N2. The lowest BCUT2D eigenvalue weighted by atomic mass is 9.97. The Bertz CT molecular complexity index is 461. The van der Waals surface area contributed by atoms with Crippen molar-refractivity contribution in [1.82, 2.24) is 4.98 Å². The summed E-state index contributed by atoms with van der Waals surface area (Å²) < 4.78 is 37.5. The topological polar surface area (TPSA) is 38.9 Å². The molecule has 2 nitrogen and oxygen atoms in total. The van der Waals surface area contributed by atoms with Crippen molar-refractivity contribution in [3.63, 3.8) is 0 Å². The van der Waals surface area contributed by atoms with E-state index in [9.17, 15) is 13.2 Å². The highest BCUT2D eigenvalue weighted by molar-refractivity contribution is 6.31. The fourth-order valence-corrected chi connectivity index (χ4v) is 2.87. The van der Waals surface area contributed by atoms with Gasteiger partial charge in [-0.25, -0.2) is 0 Å². The summed E-state index contributed by atoms with van der Waals surface area (Å²) in [7, 11) is 0. The molecule has 0 saturated heterocycles. The predicted octanol–water partition coefficient (Wildman–Crippen LogP) is 3.38. The van der Waals surface area contributed by atoms with Crippen LogP contribution >= 0.6 is 11.6 Å². The lowest BCUT2D eigenvalue weighted by molar-refractivity contribution is -0.137. The second-order valence-electron chi connectivity index (χ2n) is 4.72. The summed E-state index contributed by atoms with van der Waals surface area (Å²) in [5.74, 6) is 0.365. The second-order valence-corrected chi connectivity index (χ2v) is 5.13. The van der Waals surface area contributed by atoms with E-state index in [1.165, 1.54) is 0 Å². The largest absolute Gasteiger partial charge is 0.417 e. The summed E-state index contributed by atoms with van der Waals surface area (Å²) in [6.07, 6.45) is -1.81. The lowest BCUT2D eigenvalue weighted by Crippen LogP contribution is -2.24. The van der Waals surface area contributed by atoms with Crippen molar-refractivity contribution in [3.8, 4) is 0 Å². The number of hydrogen-bond acceptors (Lipinski definition) is 2. The van der Waals surface area contributed by atoms with E-state index in [1.807, 2.05) is 6.92 Å². The Balaban J connectivity index is 2.37. The third kappa shape index (κ3) is 2.10. The van der Waals surface area contributed by atoms with Crippen LogP contribution in [0.2, 0.25) is 5.02 Å². The second kappa shape index (κ2) is 4.38. The first-order chi connectivity index (χ1) is 8.35. The Hall–Kier alpha value is -0.810. The Morgan fingerprint density at radius 2 is 2.22 bits per heavy atom. The normalized spacial score (nSPS) is 27.3. The maximum atomic E-state index is 12.5. The summed E-state index contributed by atoms with van der Waals surface area (Å²) in [4.78, 5) is 3.92. The van der Waals surface area contributed by atoms with Gasteiger partial charge in [-0.15, -0.1) is 0 Å². The van der Waals surface area contributed by atoms with E-state index in [4.69, 9.17) is 17.3 Å². The van der Waals surface area contributed by atoms with E-state index in [0.717, 1.165) is 25.1 Å². The van der Waals surface area contributed by atoms with Crippen LogP contribution in [0.3, 0.4) is 0 Å².